The van der Waals surface area contributed by atoms with Gasteiger partial charge >= 0.3 is 0 Å². The fourth-order valence-electron chi connectivity index (χ4n) is 2.30. The summed E-state index contributed by atoms with van der Waals surface area (Å²) in [4.78, 5) is 29.5. The number of benzene rings is 1. The Hall–Kier alpha value is -2.28. The van der Waals surface area contributed by atoms with Gasteiger partial charge in [0.15, 0.2) is 0 Å². The number of nitrogens with one attached hydrogen (secondary N) is 2. The third-order valence-electron chi connectivity index (χ3n) is 3.42. The van der Waals surface area contributed by atoms with Gasteiger partial charge in [0.05, 0.1) is 5.52 Å². The highest BCUT2D eigenvalue weighted by Gasteiger charge is 2.08. The SMILES string of the molecule is O=C(CCCCCCc1nc2cccc(F)c2c(=O)[nH]1)NO. The van der Waals surface area contributed by atoms with E-state index in [9.17, 15) is 14.0 Å². The van der Waals surface area contributed by atoms with E-state index in [1.54, 1.807) is 11.5 Å². The predicted molar refractivity (Wildman–Crippen MR) is 79.0 cm³/mol. The zero-order chi connectivity index (χ0) is 15.9. The van der Waals surface area contributed by atoms with Crippen LogP contribution in [0.25, 0.3) is 10.9 Å². The summed E-state index contributed by atoms with van der Waals surface area (Å²) in [6, 6.07) is 4.38. The predicted octanol–water partition coefficient (Wildman–Crippen LogP) is 2.06. The van der Waals surface area contributed by atoms with Crippen molar-refractivity contribution in [3.63, 3.8) is 0 Å². The van der Waals surface area contributed by atoms with E-state index in [-0.39, 0.29) is 11.3 Å². The number of aromatic nitrogens is 2. The molecule has 1 aromatic heterocycles. The summed E-state index contributed by atoms with van der Waals surface area (Å²) >= 11 is 0. The zero-order valence-electron chi connectivity index (χ0n) is 12.1. The van der Waals surface area contributed by atoms with Crippen LogP contribution >= 0.6 is 0 Å². The monoisotopic (exact) mass is 307 g/mol. The molecule has 6 nitrogen and oxygen atoms in total. The highest BCUT2D eigenvalue weighted by molar-refractivity contribution is 5.77. The molecule has 118 valence electrons. The average Bonchev–Trinajstić information content (AvgIpc) is 2.50. The number of carbonyl (C=O) groups is 1. The van der Waals surface area contributed by atoms with Crippen molar-refractivity contribution >= 4 is 16.8 Å². The molecule has 1 amide bonds. The maximum atomic E-state index is 13.6. The highest BCUT2D eigenvalue weighted by atomic mass is 19.1. The van der Waals surface area contributed by atoms with E-state index in [1.807, 2.05) is 0 Å². The first-order valence-corrected chi connectivity index (χ1v) is 7.22. The molecule has 0 spiro atoms. The molecule has 0 radical (unpaired) electrons. The number of nitrogens with zero attached hydrogens (tertiary/aromatic N) is 1. The number of aromatic amines is 1. The van der Waals surface area contributed by atoms with Gasteiger partial charge in [-0.25, -0.2) is 14.9 Å². The molecule has 0 atom stereocenters. The Morgan fingerprint density at radius 1 is 1.27 bits per heavy atom. The Balaban J connectivity index is 1.88. The van der Waals surface area contributed by atoms with Gasteiger partial charge in [0.1, 0.15) is 17.0 Å². The van der Waals surface area contributed by atoms with Gasteiger partial charge in [-0.1, -0.05) is 18.9 Å². The van der Waals surface area contributed by atoms with Crippen LogP contribution in [0.3, 0.4) is 0 Å². The highest BCUT2D eigenvalue weighted by Crippen LogP contribution is 2.12. The molecule has 1 aromatic carbocycles. The third kappa shape index (κ3) is 4.11. The summed E-state index contributed by atoms with van der Waals surface area (Å²) in [7, 11) is 0. The maximum Gasteiger partial charge on any atom is 0.261 e. The van der Waals surface area contributed by atoms with E-state index in [0.717, 1.165) is 19.3 Å². The Kier molecular flexibility index (Phi) is 5.60. The second kappa shape index (κ2) is 7.65. The number of rotatable bonds is 7. The number of hydrogen-bond acceptors (Lipinski definition) is 4. The van der Waals surface area contributed by atoms with Crippen LogP contribution in [0.1, 0.15) is 37.9 Å². The van der Waals surface area contributed by atoms with E-state index in [1.165, 1.54) is 12.1 Å². The van der Waals surface area contributed by atoms with E-state index in [2.05, 4.69) is 9.97 Å². The minimum Gasteiger partial charge on any atom is -0.310 e. The second-order valence-corrected chi connectivity index (χ2v) is 5.10. The number of halogens is 1. The van der Waals surface area contributed by atoms with Gasteiger partial charge in [-0.15, -0.1) is 0 Å². The quantitative estimate of drug-likeness (QED) is 0.414. The third-order valence-corrected chi connectivity index (χ3v) is 3.42. The number of aryl methyl sites for hydroxylation is 1. The topological polar surface area (TPSA) is 95.1 Å². The fraction of sp³-hybridized carbons (Fsp3) is 0.400. The van der Waals surface area contributed by atoms with Crippen LogP contribution < -0.4 is 11.0 Å². The molecule has 2 rings (SSSR count). The number of H-pyrrole nitrogens is 1. The van der Waals surface area contributed by atoms with E-state index in [4.69, 9.17) is 5.21 Å². The van der Waals surface area contributed by atoms with E-state index >= 15 is 0 Å². The van der Waals surface area contributed by atoms with Crippen LogP contribution in [-0.4, -0.2) is 21.1 Å². The Morgan fingerprint density at radius 3 is 2.82 bits per heavy atom. The summed E-state index contributed by atoms with van der Waals surface area (Å²) in [5.41, 5.74) is 1.49. The molecule has 0 bridgehead atoms. The summed E-state index contributed by atoms with van der Waals surface area (Å²) in [5, 5.41) is 8.34. The minimum atomic E-state index is -0.569. The molecule has 2 aromatic rings. The number of hydroxylamine groups is 1. The molecule has 0 saturated heterocycles. The summed E-state index contributed by atoms with van der Waals surface area (Å²) < 4.78 is 13.6. The van der Waals surface area contributed by atoms with Crippen LogP contribution in [0.15, 0.2) is 23.0 Å². The van der Waals surface area contributed by atoms with E-state index < -0.39 is 11.4 Å². The molecule has 0 fully saturated rings. The Morgan fingerprint density at radius 2 is 2.05 bits per heavy atom. The van der Waals surface area contributed by atoms with Crippen LogP contribution in [0.2, 0.25) is 0 Å². The fourth-order valence-corrected chi connectivity index (χ4v) is 2.30. The van der Waals surface area contributed by atoms with E-state index in [0.29, 0.717) is 30.6 Å². The molecule has 1 heterocycles. The Bertz CT molecular complexity index is 715. The Labute approximate surface area is 126 Å². The summed E-state index contributed by atoms with van der Waals surface area (Å²) in [5.74, 6) is -0.418. The number of carbonyl (C=O) groups excluding carboxylic acids is 1. The van der Waals surface area contributed by atoms with Gasteiger partial charge in [0.2, 0.25) is 5.91 Å². The second-order valence-electron chi connectivity index (χ2n) is 5.10. The van der Waals surface area contributed by atoms with Crippen molar-refractivity contribution in [2.75, 3.05) is 0 Å². The summed E-state index contributed by atoms with van der Waals surface area (Å²) in [6.45, 7) is 0. The average molecular weight is 307 g/mol. The smallest absolute Gasteiger partial charge is 0.261 e. The molecule has 0 aliphatic heterocycles. The summed E-state index contributed by atoms with van der Waals surface area (Å²) in [6.07, 6.45) is 4.11. The first-order chi connectivity index (χ1) is 10.6. The lowest BCUT2D eigenvalue weighted by atomic mass is 10.1. The molecule has 0 saturated carbocycles. The zero-order valence-corrected chi connectivity index (χ0v) is 12.1. The van der Waals surface area contributed by atoms with Crippen molar-refractivity contribution in [2.24, 2.45) is 0 Å². The van der Waals surface area contributed by atoms with Crippen LogP contribution in [0.4, 0.5) is 4.39 Å². The number of unbranched alkanes of at least 4 members (excludes halogenated alkanes) is 3. The number of fused-ring (bicyclic) bond motifs is 1. The largest absolute Gasteiger partial charge is 0.310 e. The van der Waals surface area contributed by atoms with Gasteiger partial charge in [0, 0.05) is 12.8 Å². The first kappa shape index (κ1) is 16.1. The van der Waals surface area contributed by atoms with Crippen molar-refractivity contribution in [1.29, 1.82) is 0 Å². The molecule has 0 aliphatic rings. The lowest BCUT2D eigenvalue weighted by molar-refractivity contribution is -0.129. The molecular formula is C15H18FN3O3. The van der Waals surface area contributed by atoms with Crippen molar-refractivity contribution < 1.29 is 14.4 Å². The van der Waals surface area contributed by atoms with Crippen LogP contribution in [0.5, 0.6) is 0 Å². The normalized spacial score (nSPS) is 10.8. The van der Waals surface area contributed by atoms with Crippen LogP contribution in [0, 0.1) is 5.82 Å². The van der Waals surface area contributed by atoms with Crippen molar-refractivity contribution in [3.05, 3.63) is 40.2 Å². The van der Waals surface area contributed by atoms with Crippen molar-refractivity contribution in [3.8, 4) is 0 Å². The van der Waals surface area contributed by atoms with Crippen molar-refractivity contribution in [2.45, 2.75) is 38.5 Å². The van der Waals surface area contributed by atoms with Gasteiger partial charge < -0.3 is 4.98 Å². The minimum absolute atomic E-state index is 0.0127. The first-order valence-electron chi connectivity index (χ1n) is 7.22. The molecular weight excluding hydrogens is 289 g/mol. The molecule has 0 aliphatic carbocycles. The number of amides is 1. The standard InChI is InChI=1S/C15H18FN3O3/c16-10-6-5-7-11-14(10)15(21)18-12(17-11)8-3-1-2-4-9-13(20)19-22/h5-7,22H,1-4,8-9H2,(H,19,20)(H,17,18,21). The lowest BCUT2D eigenvalue weighted by Gasteiger charge is -2.04. The van der Waals surface area contributed by atoms with Gasteiger partial charge in [-0.2, -0.15) is 0 Å². The molecule has 22 heavy (non-hydrogen) atoms. The molecule has 3 N–H and O–H groups in total. The molecule has 7 heteroatoms. The maximum absolute atomic E-state index is 13.6. The van der Waals surface area contributed by atoms with Gasteiger partial charge in [-0.05, 0) is 25.0 Å². The van der Waals surface area contributed by atoms with Gasteiger partial charge in [-0.3, -0.25) is 14.8 Å². The molecule has 0 unspecified atom stereocenters. The van der Waals surface area contributed by atoms with Gasteiger partial charge in [0.25, 0.3) is 5.56 Å². The number of hydrogen-bond donors (Lipinski definition) is 3. The lowest BCUT2D eigenvalue weighted by Crippen LogP contribution is -2.17. The van der Waals surface area contributed by atoms with Crippen molar-refractivity contribution in [1.82, 2.24) is 15.4 Å². The van der Waals surface area contributed by atoms with Crippen LogP contribution in [-0.2, 0) is 11.2 Å².